The lowest BCUT2D eigenvalue weighted by Crippen LogP contribution is -2.52. The zero-order valence-corrected chi connectivity index (χ0v) is 21.5. The largest absolute Gasteiger partial charge is 0.352 e. The van der Waals surface area contributed by atoms with E-state index in [4.69, 9.17) is 0 Å². The van der Waals surface area contributed by atoms with E-state index in [1.165, 1.54) is 29.2 Å². The molecule has 0 fully saturated rings. The first-order valence-electron chi connectivity index (χ1n) is 10.5. The molecule has 33 heavy (non-hydrogen) atoms. The Morgan fingerprint density at radius 3 is 2.30 bits per heavy atom. The van der Waals surface area contributed by atoms with Gasteiger partial charge in [-0.05, 0) is 56.2 Å². The summed E-state index contributed by atoms with van der Waals surface area (Å²) in [5, 5.41) is 2.85. The molecule has 0 saturated carbocycles. The number of halogens is 2. The van der Waals surface area contributed by atoms with Gasteiger partial charge in [-0.15, -0.1) is 0 Å². The minimum atomic E-state index is -3.80. The zero-order valence-electron chi connectivity index (χ0n) is 19.1. The van der Waals surface area contributed by atoms with Crippen molar-refractivity contribution < 1.29 is 22.4 Å². The topological polar surface area (TPSA) is 86.8 Å². The number of nitrogens with zero attached hydrogens (tertiary/aromatic N) is 2. The van der Waals surface area contributed by atoms with E-state index in [1.54, 1.807) is 31.2 Å². The van der Waals surface area contributed by atoms with Gasteiger partial charge in [0.15, 0.2) is 0 Å². The molecule has 0 unspecified atom stereocenters. The molecule has 10 heteroatoms. The molecule has 0 saturated heterocycles. The summed E-state index contributed by atoms with van der Waals surface area (Å²) < 4.78 is 40.0. The van der Waals surface area contributed by atoms with Crippen LogP contribution in [-0.2, 0) is 26.2 Å². The summed E-state index contributed by atoms with van der Waals surface area (Å²) in [6.07, 6.45) is 1.74. The Bertz CT molecular complexity index is 1080. The fourth-order valence-electron chi connectivity index (χ4n) is 3.08. The SMILES string of the molecule is CC[C@H](C)NC(=O)[C@@H](C)N(Cc1ccc(F)cc1)C(=O)CN(c1cccc(Br)c1)S(C)(=O)=O. The summed E-state index contributed by atoms with van der Waals surface area (Å²) in [6.45, 7) is 4.90. The predicted octanol–water partition coefficient (Wildman–Crippen LogP) is 3.69. The molecule has 0 aliphatic carbocycles. The van der Waals surface area contributed by atoms with E-state index >= 15 is 0 Å². The molecular weight excluding hydrogens is 513 g/mol. The number of carbonyl (C=O) groups excluding carboxylic acids is 2. The smallest absolute Gasteiger partial charge is 0.244 e. The monoisotopic (exact) mass is 541 g/mol. The normalized spacial score (nSPS) is 13.2. The van der Waals surface area contributed by atoms with E-state index in [0.29, 0.717) is 15.7 Å². The quantitative estimate of drug-likeness (QED) is 0.497. The van der Waals surface area contributed by atoms with E-state index in [9.17, 15) is 22.4 Å². The molecule has 0 bridgehead atoms. The molecule has 0 spiro atoms. The molecule has 2 aromatic carbocycles. The molecule has 7 nitrogen and oxygen atoms in total. The first-order chi connectivity index (χ1) is 15.4. The summed E-state index contributed by atoms with van der Waals surface area (Å²) in [6, 6.07) is 11.2. The highest BCUT2D eigenvalue weighted by Crippen LogP contribution is 2.23. The lowest BCUT2D eigenvalue weighted by Gasteiger charge is -2.32. The number of sulfonamides is 1. The van der Waals surface area contributed by atoms with E-state index in [1.807, 2.05) is 13.8 Å². The average Bonchev–Trinajstić information content (AvgIpc) is 2.75. The van der Waals surface area contributed by atoms with Crippen molar-refractivity contribution >= 4 is 43.5 Å². The highest BCUT2D eigenvalue weighted by Gasteiger charge is 2.30. The molecule has 0 aromatic heterocycles. The maximum Gasteiger partial charge on any atom is 0.244 e. The molecule has 2 aromatic rings. The highest BCUT2D eigenvalue weighted by molar-refractivity contribution is 9.10. The Hall–Kier alpha value is -2.46. The van der Waals surface area contributed by atoms with Gasteiger partial charge in [0.2, 0.25) is 21.8 Å². The molecule has 2 amide bonds. The van der Waals surface area contributed by atoms with Crippen molar-refractivity contribution in [3.05, 3.63) is 64.4 Å². The molecule has 0 radical (unpaired) electrons. The summed E-state index contributed by atoms with van der Waals surface area (Å²) in [4.78, 5) is 27.5. The van der Waals surface area contributed by atoms with Crippen molar-refractivity contribution in [2.24, 2.45) is 0 Å². The molecule has 0 heterocycles. The Morgan fingerprint density at radius 1 is 1.12 bits per heavy atom. The van der Waals surface area contributed by atoms with Gasteiger partial charge in [0.25, 0.3) is 0 Å². The highest BCUT2D eigenvalue weighted by atomic mass is 79.9. The first-order valence-corrected chi connectivity index (χ1v) is 13.1. The number of anilines is 1. The Morgan fingerprint density at radius 2 is 1.76 bits per heavy atom. The van der Waals surface area contributed by atoms with Crippen LogP contribution in [0, 0.1) is 5.82 Å². The molecule has 1 N–H and O–H groups in total. The van der Waals surface area contributed by atoms with Crippen molar-refractivity contribution in [2.45, 2.75) is 45.8 Å². The fraction of sp³-hybridized carbons (Fsp3) is 0.391. The van der Waals surface area contributed by atoms with E-state index in [0.717, 1.165) is 17.0 Å². The maximum atomic E-state index is 13.4. The fourth-order valence-corrected chi connectivity index (χ4v) is 4.31. The predicted molar refractivity (Wildman–Crippen MR) is 131 cm³/mol. The van der Waals surface area contributed by atoms with Gasteiger partial charge in [-0.25, -0.2) is 12.8 Å². The summed E-state index contributed by atoms with van der Waals surface area (Å²) >= 11 is 3.31. The first kappa shape index (κ1) is 26.8. The lowest BCUT2D eigenvalue weighted by atomic mass is 10.1. The standard InChI is InChI=1S/C23H29BrFN3O4S/c1-5-16(2)26-23(30)17(3)27(14-18-9-11-20(25)12-10-18)22(29)15-28(33(4,31)32)21-8-6-7-19(24)13-21/h6-13,16-17H,5,14-15H2,1-4H3,(H,26,30)/t16-,17+/m0/s1. The third-order valence-corrected chi connectivity index (χ3v) is 6.84. The number of nitrogens with one attached hydrogen (secondary N) is 1. The second-order valence-corrected chi connectivity index (χ2v) is 10.7. The van der Waals surface area contributed by atoms with Crippen molar-refractivity contribution in [3.8, 4) is 0 Å². The third kappa shape index (κ3) is 7.82. The van der Waals surface area contributed by atoms with Crippen LogP contribution in [0.3, 0.4) is 0 Å². The van der Waals surface area contributed by atoms with Crippen molar-refractivity contribution in [1.82, 2.24) is 10.2 Å². The second kappa shape index (κ2) is 11.6. The van der Waals surface area contributed by atoms with Crippen LogP contribution in [0.2, 0.25) is 0 Å². The number of carbonyl (C=O) groups is 2. The molecule has 0 aliphatic heterocycles. The number of amides is 2. The minimum absolute atomic E-state index is 0.0181. The van der Waals surface area contributed by atoms with Gasteiger partial charge in [-0.3, -0.25) is 13.9 Å². The Labute approximate surface area is 203 Å². The van der Waals surface area contributed by atoms with Gasteiger partial charge in [0.05, 0.1) is 11.9 Å². The Balaban J connectivity index is 2.37. The number of rotatable bonds is 10. The summed E-state index contributed by atoms with van der Waals surface area (Å²) in [7, 11) is -3.80. The van der Waals surface area contributed by atoms with Crippen LogP contribution in [0.1, 0.15) is 32.8 Å². The lowest BCUT2D eigenvalue weighted by molar-refractivity contribution is -0.139. The van der Waals surface area contributed by atoms with E-state index < -0.39 is 34.3 Å². The van der Waals surface area contributed by atoms with Crippen LogP contribution < -0.4 is 9.62 Å². The van der Waals surface area contributed by atoms with Crippen molar-refractivity contribution in [3.63, 3.8) is 0 Å². The number of hydrogen-bond donors (Lipinski definition) is 1. The van der Waals surface area contributed by atoms with Crippen LogP contribution in [0.15, 0.2) is 53.0 Å². The van der Waals surface area contributed by atoms with Crippen LogP contribution in [0.5, 0.6) is 0 Å². The second-order valence-electron chi connectivity index (χ2n) is 7.89. The van der Waals surface area contributed by atoms with Gasteiger partial charge in [0, 0.05) is 17.1 Å². The van der Waals surface area contributed by atoms with Crippen LogP contribution in [0.25, 0.3) is 0 Å². The van der Waals surface area contributed by atoms with E-state index in [-0.39, 0.29) is 18.5 Å². The van der Waals surface area contributed by atoms with Gasteiger partial charge in [0.1, 0.15) is 18.4 Å². The molecule has 2 rings (SSSR count). The summed E-state index contributed by atoms with van der Waals surface area (Å²) in [5.41, 5.74) is 0.931. The van der Waals surface area contributed by atoms with Crippen LogP contribution in [-0.4, -0.2) is 50.0 Å². The number of benzene rings is 2. The van der Waals surface area contributed by atoms with Crippen molar-refractivity contribution in [2.75, 3.05) is 17.1 Å². The van der Waals surface area contributed by atoms with Crippen molar-refractivity contribution in [1.29, 1.82) is 0 Å². The number of hydrogen-bond acceptors (Lipinski definition) is 4. The molecule has 2 atom stereocenters. The molecular formula is C23H29BrFN3O4S. The minimum Gasteiger partial charge on any atom is -0.352 e. The summed E-state index contributed by atoms with van der Waals surface area (Å²) in [5.74, 6) is -1.33. The third-order valence-electron chi connectivity index (χ3n) is 5.21. The zero-order chi connectivity index (χ0) is 24.8. The van der Waals surface area contributed by atoms with Crippen LogP contribution >= 0.6 is 15.9 Å². The van der Waals surface area contributed by atoms with Crippen LogP contribution in [0.4, 0.5) is 10.1 Å². The maximum absolute atomic E-state index is 13.4. The van der Waals surface area contributed by atoms with Gasteiger partial charge in [-0.1, -0.05) is 41.1 Å². The Kier molecular flexibility index (Phi) is 9.42. The van der Waals surface area contributed by atoms with Gasteiger partial charge >= 0.3 is 0 Å². The van der Waals surface area contributed by atoms with Gasteiger partial charge in [-0.2, -0.15) is 0 Å². The molecule has 180 valence electrons. The van der Waals surface area contributed by atoms with Gasteiger partial charge < -0.3 is 10.2 Å². The average molecular weight is 542 g/mol. The van der Waals surface area contributed by atoms with E-state index in [2.05, 4.69) is 21.2 Å². The molecule has 0 aliphatic rings.